The van der Waals surface area contributed by atoms with Crippen LogP contribution >= 0.6 is 0 Å². The minimum Gasteiger partial charge on any atom is -0.488 e. The standard InChI is InChI=1S/C25H28FN5O5/c1-16-21(36-18-9-6-12-25(26,13-18)23(32)33)11-10-19(28-16)22-20(31(2)30-29-22)14-27-24(34)35-15-17-7-4-3-5-8-17/h3-5,7-8,10-11,18H,6,9,12-15H2,1-2H3,(H,27,34)(H,32,33)/t18-,25+/m0/s1. The smallest absolute Gasteiger partial charge is 0.407 e. The number of nitrogens with zero attached hydrogens (tertiary/aromatic N) is 4. The van der Waals surface area contributed by atoms with E-state index in [1.54, 1.807) is 30.8 Å². The monoisotopic (exact) mass is 497 g/mol. The number of rotatable bonds is 8. The first-order chi connectivity index (χ1) is 17.2. The van der Waals surface area contributed by atoms with Crippen molar-refractivity contribution in [3.8, 4) is 17.1 Å². The molecule has 1 aliphatic carbocycles. The molecule has 1 saturated carbocycles. The minimum absolute atomic E-state index is 0.0123. The summed E-state index contributed by atoms with van der Waals surface area (Å²) in [5.74, 6) is -1.000. The lowest BCUT2D eigenvalue weighted by atomic mass is 9.84. The molecule has 1 aromatic carbocycles. The van der Waals surface area contributed by atoms with E-state index in [2.05, 4.69) is 20.6 Å². The molecule has 0 radical (unpaired) electrons. The molecule has 2 N–H and O–H groups in total. The van der Waals surface area contributed by atoms with Crippen LogP contribution < -0.4 is 10.1 Å². The van der Waals surface area contributed by atoms with Crippen molar-refractivity contribution in [1.29, 1.82) is 0 Å². The first-order valence-corrected chi connectivity index (χ1v) is 11.7. The zero-order valence-corrected chi connectivity index (χ0v) is 20.1. The van der Waals surface area contributed by atoms with Crippen LogP contribution in [0, 0.1) is 6.92 Å². The SMILES string of the molecule is Cc1nc(-c2nnn(C)c2CNC(=O)OCc2ccccc2)ccc1O[C@H]1CCC[C@](F)(C(=O)O)C1. The number of alkyl carbamates (subject to hydrolysis) is 1. The highest BCUT2D eigenvalue weighted by Crippen LogP contribution is 2.35. The highest BCUT2D eigenvalue weighted by atomic mass is 19.1. The number of pyridine rings is 1. The van der Waals surface area contributed by atoms with Gasteiger partial charge in [-0.3, -0.25) is 0 Å². The third-order valence-corrected chi connectivity index (χ3v) is 6.16. The molecule has 2 atom stereocenters. The Morgan fingerprint density at radius 2 is 2.03 bits per heavy atom. The number of amides is 1. The molecule has 0 spiro atoms. The number of carbonyl (C=O) groups excluding carboxylic acids is 1. The van der Waals surface area contributed by atoms with E-state index in [9.17, 15) is 19.1 Å². The lowest BCUT2D eigenvalue weighted by molar-refractivity contribution is -0.155. The molecule has 0 saturated heterocycles. The Kier molecular flexibility index (Phi) is 7.47. The molecular formula is C25H28FN5O5. The number of ether oxygens (including phenoxy) is 2. The Morgan fingerprint density at radius 1 is 1.25 bits per heavy atom. The summed E-state index contributed by atoms with van der Waals surface area (Å²) in [6.45, 7) is 2.03. The van der Waals surface area contributed by atoms with Crippen LogP contribution in [0.5, 0.6) is 5.75 Å². The molecule has 2 heterocycles. The Labute approximate surface area is 207 Å². The van der Waals surface area contributed by atoms with Crippen molar-refractivity contribution in [2.75, 3.05) is 0 Å². The van der Waals surface area contributed by atoms with Crippen LogP contribution in [0.2, 0.25) is 0 Å². The van der Waals surface area contributed by atoms with Gasteiger partial charge in [0, 0.05) is 13.5 Å². The second-order valence-corrected chi connectivity index (χ2v) is 8.81. The largest absolute Gasteiger partial charge is 0.488 e. The summed E-state index contributed by atoms with van der Waals surface area (Å²) in [6, 6.07) is 12.8. The maximum absolute atomic E-state index is 14.6. The summed E-state index contributed by atoms with van der Waals surface area (Å²) in [6.07, 6.45) is -0.339. The highest BCUT2D eigenvalue weighted by molar-refractivity contribution is 5.77. The first-order valence-electron chi connectivity index (χ1n) is 11.7. The molecule has 36 heavy (non-hydrogen) atoms. The number of aromatic nitrogens is 4. The average molecular weight is 498 g/mol. The van der Waals surface area contributed by atoms with Crippen LogP contribution in [-0.4, -0.2) is 48.9 Å². The van der Waals surface area contributed by atoms with Crippen molar-refractivity contribution < 1.29 is 28.6 Å². The molecule has 3 aromatic rings. The number of carboxylic acid groups (broad SMARTS) is 1. The zero-order valence-electron chi connectivity index (χ0n) is 20.1. The first kappa shape index (κ1) is 25.1. The van der Waals surface area contributed by atoms with E-state index < -0.39 is 23.8 Å². The Morgan fingerprint density at radius 3 is 2.75 bits per heavy atom. The van der Waals surface area contributed by atoms with E-state index in [1.165, 1.54) is 0 Å². The van der Waals surface area contributed by atoms with Crippen LogP contribution in [0.3, 0.4) is 0 Å². The summed E-state index contributed by atoms with van der Waals surface area (Å²) >= 11 is 0. The average Bonchev–Trinajstić information content (AvgIpc) is 3.23. The predicted molar refractivity (Wildman–Crippen MR) is 127 cm³/mol. The second kappa shape index (κ2) is 10.7. The molecule has 4 rings (SSSR count). The van der Waals surface area contributed by atoms with E-state index in [-0.39, 0.29) is 26.0 Å². The van der Waals surface area contributed by atoms with E-state index >= 15 is 0 Å². The van der Waals surface area contributed by atoms with Crippen LogP contribution in [0.15, 0.2) is 42.5 Å². The molecular weight excluding hydrogens is 469 g/mol. The van der Waals surface area contributed by atoms with E-state index in [0.717, 1.165) is 5.56 Å². The fourth-order valence-corrected chi connectivity index (χ4v) is 4.16. The van der Waals surface area contributed by atoms with Crippen LogP contribution in [0.4, 0.5) is 9.18 Å². The van der Waals surface area contributed by atoms with E-state index in [0.29, 0.717) is 41.4 Å². The molecule has 0 unspecified atom stereocenters. The molecule has 0 aliphatic heterocycles. The van der Waals surface area contributed by atoms with Gasteiger partial charge in [-0.25, -0.2) is 23.6 Å². The molecule has 11 heteroatoms. The summed E-state index contributed by atoms with van der Waals surface area (Å²) in [7, 11) is 1.71. The number of carboxylic acids is 1. The van der Waals surface area contributed by atoms with Crippen LogP contribution in [-0.2, 0) is 29.7 Å². The number of alkyl halides is 1. The van der Waals surface area contributed by atoms with E-state index in [1.807, 2.05) is 30.3 Å². The number of benzene rings is 1. The van der Waals surface area contributed by atoms with Gasteiger partial charge in [0.25, 0.3) is 0 Å². The topological polar surface area (TPSA) is 128 Å². The Bertz CT molecular complexity index is 1230. The van der Waals surface area contributed by atoms with Gasteiger partial charge in [0.1, 0.15) is 24.2 Å². The fourth-order valence-electron chi connectivity index (χ4n) is 4.16. The Balaban J connectivity index is 1.40. The molecule has 1 amide bonds. The quantitative estimate of drug-likeness (QED) is 0.482. The maximum atomic E-state index is 14.6. The van der Waals surface area contributed by atoms with Gasteiger partial charge >= 0.3 is 12.1 Å². The number of aryl methyl sites for hydroxylation is 2. The summed E-state index contributed by atoms with van der Waals surface area (Å²) in [5, 5.41) is 20.1. The van der Waals surface area contributed by atoms with Crippen molar-refractivity contribution in [3.63, 3.8) is 0 Å². The second-order valence-electron chi connectivity index (χ2n) is 8.81. The third-order valence-electron chi connectivity index (χ3n) is 6.16. The van der Waals surface area contributed by atoms with Gasteiger partial charge in [-0.1, -0.05) is 35.5 Å². The minimum atomic E-state index is -2.27. The van der Waals surface area contributed by atoms with Crippen molar-refractivity contribution in [1.82, 2.24) is 25.3 Å². The van der Waals surface area contributed by atoms with E-state index in [4.69, 9.17) is 9.47 Å². The normalized spacial score (nSPS) is 19.5. The van der Waals surface area contributed by atoms with Gasteiger partial charge in [0.15, 0.2) is 0 Å². The van der Waals surface area contributed by atoms with Gasteiger partial charge in [0.05, 0.1) is 23.6 Å². The van der Waals surface area contributed by atoms with Gasteiger partial charge in [-0.05, 0) is 43.9 Å². The number of halogens is 1. The molecule has 1 fully saturated rings. The van der Waals surface area contributed by atoms with Gasteiger partial charge in [-0.15, -0.1) is 5.10 Å². The van der Waals surface area contributed by atoms with Gasteiger partial charge in [-0.2, -0.15) is 0 Å². The van der Waals surface area contributed by atoms with Crippen molar-refractivity contribution in [3.05, 3.63) is 59.4 Å². The number of hydrogen-bond acceptors (Lipinski definition) is 7. The highest BCUT2D eigenvalue weighted by Gasteiger charge is 2.44. The maximum Gasteiger partial charge on any atom is 0.407 e. The van der Waals surface area contributed by atoms with Crippen molar-refractivity contribution in [2.24, 2.45) is 7.05 Å². The molecule has 2 aromatic heterocycles. The number of carbonyl (C=O) groups is 2. The molecule has 10 nitrogen and oxygen atoms in total. The van der Waals surface area contributed by atoms with Crippen molar-refractivity contribution >= 4 is 12.1 Å². The number of nitrogens with one attached hydrogen (secondary N) is 1. The van der Waals surface area contributed by atoms with Crippen molar-refractivity contribution in [2.45, 2.75) is 57.5 Å². The lowest BCUT2D eigenvalue weighted by Gasteiger charge is -2.32. The number of aliphatic carboxylic acids is 1. The van der Waals surface area contributed by atoms with Crippen LogP contribution in [0.25, 0.3) is 11.4 Å². The zero-order chi connectivity index (χ0) is 25.7. The fraction of sp³-hybridized carbons (Fsp3) is 0.400. The predicted octanol–water partition coefficient (Wildman–Crippen LogP) is 3.73. The summed E-state index contributed by atoms with van der Waals surface area (Å²) < 4.78 is 27.3. The van der Waals surface area contributed by atoms with Crippen LogP contribution in [0.1, 0.15) is 42.6 Å². The lowest BCUT2D eigenvalue weighted by Crippen LogP contribution is -2.42. The number of hydrogen-bond donors (Lipinski definition) is 2. The Hall–Kier alpha value is -4.02. The molecule has 190 valence electrons. The molecule has 1 aliphatic rings. The van der Waals surface area contributed by atoms with Gasteiger partial charge < -0.3 is 19.9 Å². The van der Waals surface area contributed by atoms with Gasteiger partial charge in [0.2, 0.25) is 5.67 Å². The summed E-state index contributed by atoms with van der Waals surface area (Å²) in [5.41, 5.74) is 0.797. The molecule has 0 bridgehead atoms. The third kappa shape index (κ3) is 5.78. The summed E-state index contributed by atoms with van der Waals surface area (Å²) in [4.78, 5) is 28.0.